The van der Waals surface area contributed by atoms with Crippen molar-refractivity contribution in [3.63, 3.8) is 0 Å². The molecular formula is C13H26N2O3S. The van der Waals surface area contributed by atoms with Crippen molar-refractivity contribution in [3.05, 3.63) is 0 Å². The van der Waals surface area contributed by atoms with Gasteiger partial charge in [-0.05, 0) is 25.7 Å². The van der Waals surface area contributed by atoms with E-state index in [0.29, 0.717) is 13.0 Å². The number of nitrogens with zero attached hydrogens (tertiary/aromatic N) is 1. The third kappa shape index (κ3) is 4.76. The van der Waals surface area contributed by atoms with Gasteiger partial charge in [0.25, 0.3) is 0 Å². The summed E-state index contributed by atoms with van der Waals surface area (Å²) in [5.41, 5.74) is 0. The molecule has 1 heterocycles. The lowest BCUT2D eigenvalue weighted by molar-refractivity contribution is -0.136. The molecule has 1 aliphatic rings. The Morgan fingerprint density at radius 3 is 2.63 bits per heavy atom. The van der Waals surface area contributed by atoms with Crippen molar-refractivity contribution in [3.8, 4) is 0 Å². The zero-order valence-corrected chi connectivity index (χ0v) is 12.8. The van der Waals surface area contributed by atoms with Gasteiger partial charge in [-0.3, -0.25) is 4.79 Å². The van der Waals surface area contributed by atoms with Crippen LogP contribution >= 0.6 is 0 Å². The molecule has 2 N–H and O–H groups in total. The predicted octanol–water partition coefficient (Wildman–Crippen LogP) is 1.48. The number of carbonyl (C=O) groups is 1. The van der Waals surface area contributed by atoms with E-state index in [0.717, 1.165) is 32.1 Å². The summed E-state index contributed by atoms with van der Waals surface area (Å²) in [7, 11) is -3.54. The number of unbranched alkanes of at least 4 members (excludes halogenated alkanes) is 1. The van der Waals surface area contributed by atoms with Gasteiger partial charge >= 0.3 is 0 Å². The summed E-state index contributed by atoms with van der Waals surface area (Å²) in [5, 5.41) is 4.61. The first kappa shape index (κ1) is 16.4. The SMILES string of the molecule is CCCCC(CC)C(=O)N1CCCC(S(N)(=O)=O)C1. The first-order chi connectivity index (χ1) is 8.90. The molecule has 0 radical (unpaired) electrons. The largest absolute Gasteiger partial charge is 0.341 e. The molecule has 0 bridgehead atoms. The molecule has 19 heavy (non-hydrogen) atoms. The molecular weight excluding hydrogens is 264 g/mol. The highest BCUT2D eigenvalue weighted by atomic mass is 32.2. The van der Waals surface area contributed by atoms with Gasteiger partial charge < -0.3 is 4.90 Å². The summed E-state index contributed by atoms with van der Waals surface area (Å²) in [5.74, 6) is 0.128. The standard InChI is InChI=1S/C13H26N2O3S/c1-3-5-7-11(4-2)13(16)15-9-6-8-12(10-15)19(14,17)18/h11-12H,3-10H2,1-2H3,(H2,14,17,18). The van der Waals surface area contributed by atoms with E-state index in [2.05, 4.69) is 6.92 Å². The number of primary sulfonamides is 1. The molecule has 2 unspecified atom stereocenters. The molecule has 1 aliphatic heterocycles. The molecule has 0 aromatic heterocycles. The average Bonchev–Trinajstić information content (AvgIpc) is 2.38. The molecule has 0 spiro atoms. The van der Waals surface area contributed by atoms with E-state index in [1.54, 1.807) is 4.90 Å². The van der Waals surface area contributed by atoms with Crippen LogP contribution in [0.5, 0.6) is 0 Å². The molecule has 1 amide bonds. The third-order valence-electron chi connectivity index (χ3n) is 3.90. The monoisotopic (exact) mass is 290 g/mol. The summed E-state index contributed by atoms with van der Waals surface area (Å²) in [6.07, 6.45) is 5.10. The number of nitrogens with two attached hydrogens (primary N) is 1. The summed E-state index contributed by atoms with van der Waals surface area (Å²) in [6, 6.07) is 0. The van der Waals surface area contributed by atoms with Crippen molar-refractivity contribution in [2.75, 3.05) is 13.1 Å². The predicted molar refractivity (Wildman–Crippen MR) is 76.0 cm³/mol. The normalized spacial score (nSPS) is 22.3. The van der Waals surface area contributed by atoms with Crippen LogP contribution in [0.15, 0.2) is 0 Å². The van der Waals surface area contributed by atoms with E-state index in [9.17, 15) is 13.2 Å². The van der Waals surface area contributed by atoms with Gasteiger partial charge in [-0.2, -0.15) is 0 Å². The number of piperidine rings is 1. The van der Waals surface area contributed by atoms with Gasteiger partial charge in [0, 0.05) is 19.0 Å². The molecule has 1 rings (SSSR count). The number of hydrogen-bond acceptors (Lipinski definition) is 3. The van der Waals surface area contributed by atoms with E-state index in [1.807, 2.05) is 6.92 Å². The second kappa shape index (κ2) is 7.24. The lowest BCUT2D eigenvalue weighted by atomic mass is 9.96. The first-order valence-electron chi connectivity index (χ1n) is 7.20. The van der Waals surface area contributed by atoms with E-state index in [-0.39, 0.29) is 18.4 Å². The van der Waals surface area contributed by atoms with Crippen molar-refractivity contribution < 1.29 is 13.2 Å². The van der Waals surface area contributed by atoms with E-state index in [4.69, 9.17) is 5.14 Å². The van der Waals surface area contributed by atoms with Gasteiger partial charge in [0.2, 0.25) is 15.9 Å². The fourth-order valence-electron chi connectivity index (χ4n) is 2.62. The molecule has 112 valence electrons. The van der Waals surface area contributed by atoms with Crippen molar-refractivity contribution in [1.29, 1.82) is 0 Å². The maximum absolute atomic E-state index is 12.4. The number of rotatable bonds is 6. The quantitative estimate of drug-likeness (QED) is 0.804. The molecule has 0 aliphatic carbocycles. The van der Waals surface area contributed by atoms with Gasteiger partial charge in [-0.1, -0.05) is 26.7 Å². The number of carbonyl (C=O) groups excluding carboxylic acids is 1. The molecule has 6 heteroatoms. The van der Waals surface area contributed by atoms with Gasteiger partial charge in [-0.25, -0.2) is 13.6 Å². The molecule has 2 atom stereocenters. The van der Waals surface area contributed by atoms with Crippen molar-refractivity contribution in [2.24, 2.45) is 11.1 Å². The van der Waals surface area contributed by atoms with Gasteiger partial charge in [-0.15, -0.1) is 0 Å². The number of sulfonamides is 1. The van der Waals surface area contributed by atoms with Crippen LogP contribution in [0, 0.1) is 5.92 Å². The van der Waals surface area contributed by atoms with Crippen molar-refractivity contribution >= 4 is 15.9 Å². The van der Waals surface area contributed by atoms with E-state index >= 15 is 0 Å². The van der Waals surface area contributed by atoms with Gasteiger partial charge in [0.1, 0.15) is 0 Å². The molecule has 0 aromatic rings. The summed E-state index contributed by atoms with van der Waals surface area (Å²) < 4.78 is 22.8. The smallest absolute Gasteiger partial charge is 0.225 e. The Kier molecular flexibility index (Phi) is 6.26. The Hall–Kier alpha value is -0.620. The minimum atomic E-state index is -3.54. The zero-order valence-electron chi connectivity index (χ0n) is 12.0. The highest BCUT2D eigenvalue weighted by Crippen LogP contribution is 2.21. The van der Waals surface area contributed by atoms with Crippen LogP contribution in [0.2, 0.25) is 0 Å². The highest BCUT2D eigenvalue weighted by molar-refractivity contribution is 7.89. The van der Waals surface area contributed by atoms with Crippen LogP contribution in [0.3, 0.4) is 0 Å². The van der Waals surface area contributed by atoms with Crippen LogP contribution in [0.4, 0.5) is 0 Å². The third-order valence-corrected chi connectivity index (χ3v) is 5.22. The minimum absolute atomic E-state index is 0.0270. The van der Waals surface area contributed by atoms with E-state index in [1.165, 1.54) is 0 Å². The Balaban J connectivity index is 2.65. The Morgan fingerprint density at radius 1 is 1.42 bits per heavy atom. The first-order valence-corrected chi connectivity index (χ1v) is 8.81. The summed E-state index contributed by atoms with van der Waals surface area (Å²) >= 11 is 0. The van der Waals surface area contributed by atoms with Gasteiger partial charge in [0.15, 0.2) is 0 Å². The fraction of sp³-hybridized carbons (Fsp3) is 0.923. The summed E-state index contributed by atoms with van der Waals surface area (Å²) in [6.45, 7) is 5.04. The second-order valence-electron chi connectivity index (χ2n) is 5.38. The zero-order chi connectivity index (χ0) is 14.5. The number of amides is 1. The fourth-order valence-corrected chi connectivity index (χ4v) is 3.50. The van der Waals surface area contributed by atoms with E-state index < -0.39 is 15.3 Å². The summed E-state index contributed by atoms with van der Waals surface area (Å²) in [4.78, 5) is 14.1. The molecule has 0 saturated carbocycles. The Labute approximate surface area is 116 Å². The Morgan fingerprint density at radius 2 is 2.11 bits per heavy atom. The lowest BCUT2D eigenvalue weighted by Crippen LogP contribution is -2.48. The topological polar surface area (TPSA) is 80.5 Å². The van der Waals surface area contributed by atoms with Crippen molar-refractivity contribution in [2.45, 2.75) is 57.6 Å². The second-order valence-corrected chi connectivity index (χ2v) is 7.23. The average molecular weight is 290 g/mol. The molecule has 5 nitrogen and oxygen atoms in total. The number of hydrogen-bond donors (Lipinski definition) is 1. The molecule has 1 saturated heterocycles. The maximum Gasteiger partial charge on any atom is 0.225 e. The number of likely N-dealkylation sites (tertiary alicyclic amines) is 1. The van der Waals surface area contributed by atoms with Crippen LogP contribution in [0.25, 0.3) is 0 Å². The van der Waals surface area contributed by atoms with Crippen LogP contribution in [-0.4, -0.2) is 37.6 Å². The molecule has 1 fully saturated rings. The maximum atomic E-state index is 12.4. The van der Waals surface area contributed by atoms with Crippen LogP contribution in [-0.2, 0) is 14.8 Å². The van der Waals surface area contributed by atoms with Crippen LogP contribution < -0.4 is 5.14 Å². The van der Waals surface area contributed by atoms with Crippen molar-refractivity contribution in [1.82, 2.24) is 4.90 Å². The van der Waals surface area contributed by atoms with Crippen LogP contribution in [0.1, 0.15) is 52.4 Å². The Bertz CT molecular complexity index is 395. The lowest BCUT2D eigenvalue weighted by Gasteiger charge is -2.33. The molecule has 0 aromatic carbocycles. The van der Waals surface area contributed by atoms with Gasteiger partial charge in [0.05, 0.1) is 5.25 Å². The highest BCUT2D eigenvalue weighted by Gasteiger charge is 2.32. The minimum Gasteiger partial charge on any atom is -0.341 e.